The number of benzene rings is 3. The molecule has 0 atom stereocenters. The summed E-state index contributed by atoms with van der Waals surface area (Å²) in [5, 5.41) is 0. The van der Waals surface area contributed by atoms with Gasteiger partial charge in [0.25, 0.3) is 0 Å². The number of hydrogen-bond donors (Lipinski definition) is 0. The van der Waals surface area contributed by atoms with Crippen molar-refractivity contribution in [2.75, 3.05) is 0 Å². The molecule has 0 amide bonds. The zero-order chi connectivity index (χ0) is 15.9. The molecule has 0 aromatic heterocycles. The molecule has 0 saturated carbocycles. The lowest BCUT2D eigenvalue weighted by Crippen LogP contribution is -2.02. The molecule has 0 aliphatic heterocycles. The Bertz CT molecular complexity index is 784. The number of rotatable bonds is 5. The molecular weight excluding hydrogens is 280 g/mol. The standard InChI is InChI=1S/C22H18O/c23-22(21-9-5-2-6-10-21)17-20-15-13-19(14-16-20)12-11-18-7-3-1-4-8-18/h1-16H,17H2/b12-11+. The molecule has 0 radical (unpaired) electrons. The van der Waals surface area contributed by atoms with Crippen LogP contribution in [0.3, 0.4) is 0 Å². The highest BCUT2D eigenvalue weighted by molar-refractivity contribution is 5.97. The average Bonchev–Trinajstić information content (AvgIpc) is 2.63. The first-order valence-corrected chi connectivity index (χ1v) is 7.71. The molecule has 0 spiro atoms. The Hall–Kier alpha value is -2.93. The largest absolute Gasteiger partial charge is 0.294 e. The molecule has 3 aromatic rings. The maximum atomic E-state index is 12.2. The molecule has 0 bridgehead atoms. The Balaban J connectivity index is 1.65. The Morgan fingerprint density at radius 1 is 0.652 bits per heavy atom. The molecule has 0 fully saturated rings. The summed E-state index contributed by atoms with van der Waals surface area (Å²) in [6.07, 6.45) is 4.61. The summed E-state index contributed by atoms with van der Waals surface area (Å²) in [4.78, 5) is 12.2. The third kappa shape index (κ3) is 4.27. The van der Waals surface area contributed by atoms with E-state index in [4.69, 9.17) is 0 Å². The smallest absolute Gasteiger partial charge is 0.167 e. The van der Waals surface area contributed by atoms with Crippen LogP contribution in [0.25, 0.3) is 12.2 Å². The highest BCUT2D eigenvalue weighted by Crippen LogP contribution is 2.12. The third-order valence-electron chi connectivity index (χ3n) is 3.71. The summed E-state index contributed by atoms with van der Waals surface area (Å²) in [5.74, 6) is 0.151. The van der Waals surface area contributed by atoms with Gasteiger partial charge in [0.1, 0.15) is 0 Å². The fourth-order valence-electron chi connectivity index (χ4n) is 2.41. The SMILES string of the molecule is O=C(Cc1ccc(/C=C/c2ccccc2)cc1)c1ccccc1. The minimum absolute atomic E-state index is 0.151. The summed E-state index contributed by atoms with van der Waals surface area (Å²) < 4.78 is 0. The molecule has 23 heavy (non-hydrogen) atoms. The topological polar surface area (TPSA) is 17.1 Å². The Morgan fingerprint density at radius 2 is 1.17 bits per heavy atom. The summed E-state index contributed by atoms with van der Waals surface area (Å²) in [6.45, 7) is 0. The minimum atomic E-state index is 0.151. The summed E-state index contributed by atoms with van der Waals surface area (Å²) in [7, 11) is 0. The van der Waals surface area contributed by atoms with E-state index in [1.807, 2.05) is 72.8 Å². The van der Waals surface area contributed by atoms with Crippen molar-refractivity contribution in [2.45, 2.75) is 6.42 Å². The normalized spacial score (nSPS) is 10.8. The molecule has 3 aromatic carbocycles. The van der Waals surface area contributed by atoms with Gasteiger partial charge in [0, 0.05) is 12.0 Å². The first-order chi connectivity index (χ1) is 11.3. The summed E-state index contributed by atoms with van der Waals surface area (Å²) in [6, 6.07) is 27.8. The van der Waals surface area contributed by atoms with Crippen LogP contribution >= 0.6 is 0 Å². The van der Waals surface area contributed by atoms with E-state index < -0.39 is 0 Å². The lowest BCUT2D eigenvalue weighted by Gasteiger charge is -2.02. The second kappa shape index (κ2) is 7.37. The van der Waals surface area contributed by atoms with Crippen molar-refractivity contribution in [1.29, 1.82) is 0 Å². The second-order valence-electron chi connectivity index (χ2n) is 5.45. The van der Waals surface area contributed by atoms with Crippen LogP contribution in [-0.2, 0) is 6.42 Å². The van der Waals surface area contributed by atoms with Crippen molar-refractivity contribution in [3.63, 3.8) is 0 Å². The first kappa shape index (κ1) is 15.0. The fraction of sp³-hybridized carbons (Fsp3) is 0.0455. The predicted octanol–water partition coefficient (Wildman–Crippen LogP) is 5.28. The number of carbonyl (C=O) groups is 1. The predicted molar refractivity (Wildman–Crippen MR) is 96.3 cm³/mol. The van der Waals surface area contributed by atoms with Gasteiger partial charge in [-0.3, -0.25) is 4.79 Å². The van der Waals surface area contributed by atoms with Gasteiger partial charge in [0.2, 0.25) is 0 Å². The van der Waals surface area contributed by atoms with Crippen molar-refractivity contribution in [2.24, 2.45) is 0 Å². The van der Waals surface area contributed by atoms with Crippen LogP contribution in [0.15, 0.2) is 84.9 Å². The maximum Gasteiger partial charge on any atom is 0.167 e. The Kier molecular flexibility index (Phi) is 4.80. The van der Waals surface area contributed by atoms with Crippen LogP contribution in [0, 0.1) is 0 Å². The zero-order valence-corrected chi connectivity index (χ0v) is 12.9. The van der Waals surface area contributed by atoms with E-state index in [1.54, 1.807) is 0 Å². The van der Waals surface area contributed by atoms with E-state index in [1.165, 1.54) is 5.56 Å². The molecule has 0 unspecified atom stereocenters. The van der Waals surface area contributed by atoms with Gasteiger partial charge in [-0.2, -0.15) is 0 Å². The number of hydrogen-bond acceptors (Lipinski definition) is 1. The first-order valence-electron chi connectivity index (χ1n) is 7.71. The molecule has 0 saturated heterocycles. The molecule has 112 valence electrons. The van der Waals surface area contributed by atoms with E-state index in [0.717, 1.165) is 16.7 Å². The Morgan fingerprint density at radius 3 is 1.78 bits per heavy atom. The van der Waals surface area contributed by atoms with E-state index in [9.17, 15) is 4.79 Å². The van der Waals surface area contributed by atoms with Crippen LogP contribution in [0.4, 0.5) is 0 Å². The van der Waals surface area contributed by atoms with Crippen LogP contribution in [0.2, 0.25) is 0 Å². The molecule has 0 N–H and O–H groups in total. The van der Waals surface area contributed by atoms with Gasteiger partial charge >= 0.3 is 0 Å². The second-order valence-corrected chi connectivity index (χ2v) is 5.45. The lowest BCUT2D eigenvalue weighted by molar-refractivity contribution is 0.0993. The van der Waals surface area contributed by atoms with Gasteiger partial charge in [-0.05, 0) is 16.7 Å². The Labute approximate surface area is 136 Å². The van der Waals surface area contributed by atoms with Gasteiger partial charge < -0.3 is 0 Å². The molecule has 0 heterocycles. The van der Waals surface area contributed by atoms with Crippen molar-refractivity contribution >= 4 is 17.9 Å². The zero-order valence-electron chi connectivity index (χ0n) is 12.9. The van der Waals surface area contributed by atoms with Crippen LogP contribution < -0.4 is 0 Å². The van der Waals surface area contributed by atoms with E-state index in [0.29, 0.717) is 6.42 Å². The van der Waals surface area contributed by atoms with Crippen molar-refractivity contribution in [1.82, 2.24) is 0 Å². The highest BCUT2D eigenvalue weighted by atomic mass is 16.1. The van der Waals surface area contributed by atoms with Crippen molar-refractivity contribution < 1.29 is 4.79 Å². The van der Waals surface area contributed by atoms with Crippen molar-refractivity contribution in [3.8, 4) is 0 Å². The summed E-state index contributed by atoms with van der Waals surface area (Å²) >= 11 is 0. The number of ketones is 1. The van der Waals surface area contributed by atoms with Crippen molar-refractivity contribution in [3.05, 3.63) is 107 Å². The number of Topliss-reactive ketones (excluding diaryl/α,β-unsaturated/α-hetero) is 1. The van der Waals surface area contributed by atoms with Gasteiger partial charge in [-0.25, -0.2) is 0 Å². The van der Waals surface area contributed by atoms with E-state index in [2.05, 4.69) is 24.3 Å². The van der Waals surface area contributed by atoms with Gasteiger partial charge in [-0.1, -0.05) is 97.1 Å². The average molecular weight is 298 g/mol. The third-order valence-corrected chi connectivity index (χ3v) is 3.71. The van der Waals surface area contributed by atoms with Crippen LogP contribution in [0.5, 0.6) is 0 Å². The van der Waals surface area contributed by atoms with Crippen LogP contribution in [0.1, 0.15) is 27.0 Å². The fourth-order valence-corrected chi connectivity index (χ4v) is 2.41. The monoisotopic (exact) mass is 298 g/mol. The van der Waals surface area contributed by atoms with E-state index >= 15 is 0 Å². The molecule has 3 rings (SSSR count). The van der Waals surface area contributed by atoms with Gasteiger partial charge in [0.05, 0.1) is 0 Å². The minimum Gasteiger partial charge on any atom is -0.294 e. The lowest BCUT2D eigenvalue weighted by atomic mass is 10.0. The summed E-state index contributed by atoms with van der Waals surface area (Å²) in [5.41, 5.74) is 4.11. The molecule has 0 aliphatic rings. The highest BCUT2D eigenvalue weighted by Gasteiger charge is 2.05. The molecule has 1 nitrogen and oxygen atoms in total. The quantitative estimate of drug-likeness (QED) is 0.462. The van der Waals surface area contributed by atoms with Crippen LogP contribution in [-0.4, -0.2) is 5.78 Å². The number of carbonyl (C=O) groups excluding carboxylic acids is 1. The molecular formula is C22H18O. The van der Waals surface area contributed by atoms with Gasteiger partial charge in [0.15, 0.2) is 5.78 Å². The molecule has 0 aliphatic carbocycles. The molecule has 1 heteroatoms. The van der Waals surface area contributed by atoms with E-state index in [-0.39, 0.29) is 5.78 Å². The van der Waals surface area contributed by atoms with Gasteiger partial charge in [-0.15, -0.1) is 0 Å². The maximum absolute atomic E-state index is 12.2.